The quantitative estimate of drug-likeness (QED) is 0.424. The van der Waals surface area contributed by atoms with Crippen LogP contribution >= 0.6 is 0 Å². The topological polar surface area (TPSA) is 49.4 Å². The molecule has 0 aliphatic heterocycles. The Labute approximate surface area is 198 Å². The van der Waals surface area contributed by atoms with Gasteiger partial charge in [0.1, 0.15) is 11.6 Å². The maximum Gasteiger partial charge on any atom is 0.573 e. The third kappa shape index (κ3) is 6.32. The zero-order valence-corrected chi connectivity index (χ0v) is 19.5. The van der Waals surface area contributed by atoms with Crippen LogP contribution in [0, 0.1) is 5.92 Å². The normalized spacial score (nSPS) is 18.6. The van der Waals surface area contributed by atoms with Crippen molar-refractivity contribution in [1.29, 1.82) is 0 Å². The minimum Gasteiger partial charge on any atom is -0.405 e. The molecule has 3 aromatic rings. The van der Waals surface area contributed by atoms with Gasteiger partial charge in [0.25, 0.3) is 0 Å². The van der Waals surface area contributed by atoms with Gasteiger partial charge in [-0.1, -0.05) is 36.4 Å². The fourth-order valence-corrected chi connectivity index (χ4v) is 4.61. The molecule has 0 spiro atoms. The predicted octanol–water partition coefficient (Wildman–Crippen LogP) is 5.96. The van der Waals surface area contributed by atoms with Crippen molar-refractivity contribution in [3.05, 3.63) is 60.2 Å². The number of hydrogen-bond acceptors (Lipinski definition) is 5. The summed E-state index contributed by atoms with van der Waals surface area (Å²) in [6.45, 7) is 1.12. The Bertz CT molecular complexity index is 1090. The molecule has 0 bridgehead atoms. The van der Waals surface area contributed by atoms with Gasteiger partial charge in [-0.3, -0.25) is 0 Å². The van der Waals surface area contributed by atoms with Crippen LogP contribution in [0.2, 0.25) is 0 Å². The van der Waals surface area contributed by atoms with Crippen molar-refractivity contribution >= 4 is 22.4 Å². The van der Waals surface area contributed by atoms with Crippen LogP contribution in [-0.4, -0.2) is 38.0 Å². The van der Waals surface area contributed by atoms with Crippen molar-refractivity contribution in [2.24, 2.45) is 5.92 Å². The minimum atomic E-state index is -4.69. The summed E-state index contributed by atoms with van der Waals surface area (Å²) in [6, 6.07) is 16.9. The molecule has 182 valence electrons. The molecule has 1 heterocycles. The first kappa shape index (κ1) is 24.1. The third-order valence-corrected chi connectivity index (χ3v) is 6.32. The number of anilines is 2. The number of para-hydroxylation sites is 2. The van der Waals surface area contributed by atoms with Gasteiger partial charge in [-0.2, -0.15) is 0 Å². The summed E-state index contributed by atoms with van der Waals surface area (Å²) in [5, 5.41) is 8.07. The van der Waals surface area contributed by atoms with Crippen LogP contribution in [0.4, 0.5) is 24.7 Å². The molecule has 0 unspecified atom stereocenters. The minimum absolute atomic E-state index is 0.143. The molecule has 1 fully saturated rings. The number of fused-ring (bicyclic) bond motifs is 1. The van der Waals surface area contributed by atoms with Crippen LogP contribution in [-0.2, 0) is 6.54 Å². The number of ether oxygens (including phenoxy) is 1. The van der Waals surface area contributed by atoms with Gasteiger partial charge in [0.05, 0.1) is 5.52 Å². The first-order valence-corrected chi connectivity index (χ1v) is 11.7. The molecule has 2 N–H and O–H groups in total. The summed E-state index contributed by atoms with van der Waals surface area (Å²) in [7, 11) is 4.08. The molecule has 0 radical (unpaired) electrons. The highest BCUT2D eigenvalue weighted by Gasteiger charge is 2.32. The number of pyridine rings is 1. The van der Waals surface area contributed by atoms with Gasteiger partial charge in [-0.25, -0.2) is 4.98 Å². The number of rotatable bonds is 8. The Hall–Kier alpha value is -3.00. The van der Waals surface area contributed by atoms with Gasteiger partial charge >= 0.3 is 6.36 Å². The summed E-state index contributed by atoms with van der Waals surface area (Å²) < 4.78 is 42.0. The lowest BCUT2D eigenvalue weighted by Crippen LogP contribution is -2.31. The Morgan fingerprint density at radius 3 is 2.44 bits per heavy atom. The lowest BCUT2D eigenvalue weighted by atomic mass is 9.86. The summed E-state index contributed by atoms with van der Waals surface area (Å²) >= 11 is 0. The van der Waals surface area contributed by atoms with E-state index in [9.17, 15) is 13.2 Å². The second kappa shape index (κ2) is 10.5. The Morgan fingerprint density at radius 2 is 1.71 bits per heavy atom. The second-order valence-corrected chi connectivity index (χ2v) is 9.09. The van der Waals surface area contributed by atoms with Crippen LogP contribution in [0.15, 0.2) is 54.6 Å². The molecule has 34 heavy (non-hydrogen) atoms. The van der Waals surface area contributed by atoms with E-state index in [4.69, 9.17) is 4.98 Å². The van der Waals surface area contributed by atoms with E-state index in [-0.39, 0.29) is 5.75 Å². The fraction of sp³-hybridized carbons (Fsp3) is 0.423. The van der Waals surface area contributed by atoms with Crippen LogP contribution in [0.3, 0.4) is 0 Å². The smallest absolute Gasteiger partial charge is 0.405 e. The highest BCUT2D eigenvalue weighted by atomic mass is 19.4. The molecule has 0 amide bonds. The number of hydrogen-bond donors (Lipinski definition) is 2. The lowest BCUT2D eigenvalue weighted by Gasteiger charge is -2.30. The fourth-order valence-electron chi connectivity index (χ4n) is 4.61. The maximum absolute atomic E-state index is 12.6. The Kier molecular flexibility index (Phi) is 7.46. The van der Waals surface area contributed by atoms with Gasteiger partial charge in [0.15, 0.2) is 0 Å². The van der Waals surface area contributed by atoms with E-state index >= 15 is 0 Å². The molecule has 1 aliphatic carbocycles. The molecule has 8 heteroatoms. The van der Waals surface area contributed by atoms with Crippen molar-refractivity contribution in [1.82, 2.24) is 10.3 Å². The van der Waals surface area contributed by atoms with Crippen molar-refractivity contribution in [2.75, 3.05) is 30.9 Å². The van der Waals surface area contributed by atoms with E-state index in [1.807, 2.05) is 32.3 Å². The molecule has 2 aromatic carbocycles. The van der Waals surface area contributed by atoms with Crippen molar-refractivity contribution in [3.63, 3.8) is 0 Å². The average molecular weight is 473 g/mol. The van der Waals surface area contributed by atoms with Crippen molar-refractivity contribution in [2.45, 2.75) is 44.6 Å². The Balaban J connectivity index is 1.28. The number of alkyl halides is 3. The van der Waals surface area contributed by atoms with E-state index in [1.54, 1.807) is 18.2 Å². The first-order chi connectivity index (χ1) is 16.3. The van der Waals surface area contributed by atoms with E-state index in [1.165, 1.54) is 6.07 Å². The van der Waals surface area contributed by atoms with E-state index in [0.29, 0.717) is 24.1 Å². The molecule has 1 aromatic heterocycles. The Morgan fingerprint density at radius 1 is 1.00 bits per heavy atom. The number of benzene rings is 2. The highest BCUT2D eigenvalue weighted by Crippen LogP contribution is 2.31. The molecule has 5 nitrogen and oxygen atoms in total. The third-order valence-electron chi connectivity index (χ3n) is 6.32. The summed E-state index contributed by atoms with van der Waals surface area (Å²) in [5.74, 6) is 1.25. The number of nitrogens with zero attached hydrogens (tertiary/aromatic N) is 2. The standard InChI is InChI=1S/C26H31F3N4O/c1-33(2)23-15-25(32-22-9-5-4-8-21(22)23)31-20-13-11-18(12-14-20)16-30-17-19-7-3-6-10-24(19)34-26(27,28)29/h3-10,15,18,20,30H,11-14,16-17H2,1-2H3,(H,31,32). The highest BCUT2D eigenvalue weighted by molar-refractivity contribution is 5.93. The van der Waals surface area contributed by atoms with Gasteiger partial charge in [-0.05, 0) is 50.3 Å². The van der Waals surface area contributed by atoms with Crippen LogP contribution in [0.25, 0.3) is 10.9 Å². The van der Waals surface area contributed by atoms with Crippen LogP contribution in [0.5, 0.6) is 5.75 Å². The van der Waals surface area contributed by atoms with Crippen LogP contribution < -0.4 is 20.3 Å². The maximum atomic E-state index is 12.6. The average Bonchev–Trinajstić information content (AvgIpc) is 2.80. The van der Waals surface area contributed by atoms with Gasteiger partial charge in [0.2, 0.25) is 0 Å². The van der Waals surface area contributed by atoms with E-state index < -0.39 is 6.36 Å². The molecule has 1 saturated carbocycles. The molecular weight excluding hydrogens is 441 g/mol. The molecule has 4 rings (SSSR count). The summed E-state index contributed by atoms with van der Waals surface area (Å²) in [5.41, 5.74) is 2.62. The first-order valence-electron chi connectivity index (χ1n) is 11.7. The number of nitrogens with one attached hydrogen (secondary N) is 2. The monoisotopic (exact) mass is 472 g/mol. The van der Waals surface area contributed by atoms with E-state index in [2.05, 4.69) is 32.4 Å². The molecule has 0 saturated heterocycles. The lowest BCUT2D eigenvalue weighted by molar-refractivity contribution is -0.274. The van der Waals surface area contributed by atoms with Crippen molar-refractivity contribution < 1.29 is 17.9 Å². The zero-order chi connectivity index (χ0) is 24.1. The van der Waals surface area contributed by atoms with Gasteiger partial charge in [0, 0.05) is 49.4 Å². The predicted molar refractivity (Wildman–Crippen MR) is 130 cm³/mol. The van der Waals surface area contributed by atoms with E-state index in [0.717, 1.165) is 54.6 Å². The van der Waals surface area contributed by atoms with Gasteiger partial charge in [-0.15, -0.1) is 13.2 Å². The molecular formula is C26H31F3N4O. The van der Waals surface area contributed by atoms with Crippen molar-refractivity contribution in [3.8, 4) is 5.75 Å². The van der Waals surface area contributed by atoms with Gasteiger partial charge < -0.3 is 20.3 Å². The second-order valence-electron chi connectivity index (χ2n) is 9.09. The SMILES string of the molecule is CN(C)c1cc(NC2CCC(CNCc3ccccc3OC(F)(F)F)CC2)nc2ccccc12. The largest absolute Gasteiger partial charge is 0.573 e. The summed E-state index contributed by atoms with van der Waals surface area (Å²) in [4.78, 5) is 6.91. The molecule has 1 aliphatic rings. The number of halogens is 3. The zero-order valence-electron chi connectivity index (χ0n) is 19.5. The molecule has 0 atom stereocenters. The van der Waals surface area contributed by atoms with Crippen LogP contribution in [0.1, 0.15) is 31.2 Å². The summed E-state index contributed by atoms with van der Waals surface area (Å²) in [6.07, 6.45) is -0.508. The number of aromatic nitrogens is 1.